The average Bonchev–Trinajstić information content (AvgIpc) is 2.91. The molecule has 0 aromatic heterocycles. The largest absolute Gasteiger partial charge is 0.435 e. The van der Waals surface area contributed by atoms with Gasteiger partial charge in [0.05, 0.1) is 6.10 Å². The number of alkyl halides is 2. The van der Waals surface area contributed by atoms with Crippen LogP contribution < -0.4 is 10.5 Å². The second-order valence-corrected chi connectivity index (χ2v) is 5.93. The van der Waals surface area contributed by atoms with Crippen LogP contribution in [0.1, 0.15) is 44.3 Å². The summed E-state index contributed by atoms with van der Waals surface area (Å²) in [6.07, 6.45) is 3.32. The van der Waals surface area contributed by atoms with E-state index in [9.17, 15) is 13.9 Å². The van der Waals surface area contributed by atoms with Crippen molar-refractivity contribution in [1.29, 1.82) is 0 Å². The number of halogens is 2. The summed E-state index contributed by atoms with van der Waals surface area (Å²) in [5.41, 5.74) is 6.34. The Balaban J connectivity index is 2.13. The number of ether oxygens (including phenoxy) is 1. The van der Waals surface area contributed by atoms with Crippen LogP contribution in [0.4, 0.5) is 8.78 Å². The van der Waals surface area contributed by atoms with Crippen LogP contribution in [0.15, 0.2) is 24.3 Å². The van der Waals surface area contributed by atoms with E-state index in [1.807, 2.05) is 0 Å². The number of aliphatic hydroxyl groups excluding tert-OH is 1. The Hall–Kier alpha value is -1.20. The van der Waals surface area contributed by atoms with Crippen molar-refractivity contribution in [2.45, 2.75) is 45.3 Å². The molecule has 3 atom stereocenters. The van der Waals surface area contributed by atoms with E-state index < -0.39 is 12.7 Å². The van der Waals surface area contributed by atoms with Crippen LogP contribution in [0.25, 0.3) is 0 Å². The number of hydrogen-bond donors (Lipinski definition) is 2. The first-order valence-electron chi connectivity index (χ1n) is 7.43. The fourth-order valence-electron chi connectivity index (χ4n) is 3.35. The Morgan fingerprint density at radius 3 is 2.52 bits per heavy atom. The van der Waals surface area contributed by atoms with Crippen molar-refractivity contribution in [3.05, 3.63) is 29.8 Å². The summed E-state index contributed by atoms with van der Waals surface area (Å²) in [6.45, 7) is -0.253. The molecule has 3 nitrogen and oxygen atoms in total. The zero-order valence-electron chi connectivity index (χ0n) is 12.3. The zero-order valence-corrected chi connectivity index (χ0v) is 12.3. The van der Waals surface area contributed by atoms with Crippen molar-refractivity contribution in [1.82, 2.24) is 0 Å². The summed E-state index contributed by atoms with van der Waals surface area (Å²) in [5, 5.41) is 10.7. The van der Waals surface area contributed by atoms with Crippen LogP contribution in [-0.4, -0.2) is 18.3 Å². The van der Waals surface area contributed by atoms with E-state index in [4.69, 9.17) is 5.73 Å². The highest BCUT2D eigenvalue weighted by Gasteiger charge is 2.43. The first-order chi connectivity index (χ1) is 10.0. The summed E-state index contributed by atoms with van der Waals surface area (Å²) >= 11 is 0. The molecule has 5 heteroatoms. The quantitative estimate of drug-likeness (QED) is 0.845. The fraction of sp³-hybridized carbons (Fsp3) is 0.625. The lowest BCUT2D eigenvalue weighted by atomic mass is 9.76. The molecule has 1 fully saturated rings. The van der Waals surface area contributed by atoms with E-state index >= 15 is 0 Å². The summed E-state index contributed by atoms with van der Waals surface area (Å²) in [4.78, 5) is 0. The minimum Gasteiger partial charge on any atom is -0.435 e. The number of benzene rings is 1. The Bertz CT molecular complexity index is 452. The van der Waals surface area contributed by atoms with E-state index in [2.05, 4.69) is 11.7 Å². The molecule has 1 saturated carbocycles. The fourth-order valence-corrected chi connectivity index (χ4v) is 3.35. The van der Waals surface area contributed by atoms with Crippen LogP contribution in [0.3, 0.4) is 0 Å². The van der Waals surface area contributed by atoms with E-state index in [1.165, 1.54) is 12.1 Å². The van der Waals surface area contributed by atoms with Crippen molar-refractivity contribution < 1.29 is 18.6 Å². The summed E-state index contributed by atoms with van der Waals surface area (Å²) in [7, 11) is 0. The molecule has 3 unspecified atom stereocenters. The van der Waals surface area contributed by atoms with E-state index in [0.717, 1.165) is 25.7 Å². The van der Waals surface area contributed by atoms with E-state index in [-0.39, 0.29) is 11.2 Å². The lowest BCUT2D eigenvalue weighted by molar-refractivity contribution is -0.0499. The molecule has 0 heterocycles. The van der Waals surface area contributed by atoms with Crippen molar-refractivity contribution >= 4 is 0 Å². The van der Waals surface area contributed by atoms with Gasteiger partial charge in [-0.15, -0.1) is 0 Å². The third-order valence-electron chi connectivity index (χ3n) is 4.73. The van der Waals surface area contributed by atoms with Gasteiger partial charge >= 0.3 is 6.61 Å². The van der Waals surface area contributed by atoms with Crippen molar-refractivity contribution in [2.75, 3.05) is 6.54 Å². The molecule has 0 spiro atoms. The minimum atomic E-state index is -2.84. The first kappa shape index (κ1) is 16.2. The van der Waals surface area contributed by atoms with Gasteiger partial charge in [-0.05, 0) is 42.9 Å². The molecule has 0 saturated heterocycles. The van der Waals surface area contributed by atoms with Crippen LogP contribution >= 0.6 is 0 Å². The molecule has 1 aromatic rings. The lowest BCUT2D eigenvalue weighted by Gasteiger charge is -2.33. The van der Waals surface area contributed by atoms with Gasteiger partial charge in [0.2, 0.25) is 0 Å². The number of aliphatic hydroxyl groups is 1. The molecule has 0 amide bonds. The van der Waals surface area contributed by atoms with Crippen molar-refractivity contribution in [3.63, 3.8) is 0 Å². The molecule has 0 aliphatic heterocycles. The Labute approximate surface area is 124 Å². The standard InChI is InChI=1S/C16H23F2NO2/c1-2-11-7-8-16(9-11,10-19)14(20)12-3-5-13(6-4-12)21-15(17)18/h3-6,11,14-15,20H,2,7-10,19H2,1H3. The number of rotatable bonds is 6. The summed E-state index contributed by atoms with van der Waals surface area (Å²) in [5.74, 6) is 0.699. The van der Waals surface area contributed by atoms with Gasteiger partial charge in [-0.3, -0.25) is 0 Å². The average molecular weight is 299 g/mol. The molecule has 21 heavy (non-hydrogen) atoms. The second kappa shape index (κ2) is 6.71. The van der Waals surface area contributed by atoms with Crippen LogP contribution in [0.5, 0.6) is 5.75 Å². The monoisotopic (exact) mass is 299 g/mol. The summed E-state index contributed by atoms with van der Waals surface area (Å²) in [6, 6.07) is 6.19. The van der Waals surface area contributed by atoms with Gasteiger partial charge < -0.3 is 15.6 Å². The highest BCUT2D eigenvalue weighted by atomic mass is 19.3. The van der Waals surface area contributed by atoms with E-state index in [1.54, 1.807) is 12.1 Å². The molecule has 2 rings (SSSR count). The van der Waals surface area contributed by atoms with Gasteiger partial charge in [0.1, 0.15) is 5.75 Å². The maximum absolute atomic E-state index is 12.1. The zero-order chi connectivity index (χ0) is 15.5. The Kier molecular flexibility index (Phi) is 5.17. The number of nitrogens with two attached hydrogens (primary N) is 1. The van der Waals surface area contributed by atoms with Crippen LogP contribution in [0.2, 0.25) is 0 Å². The third kappa shape index (κ3) is 3.52. The normalized spacial score (nSPS) is 27.0. The summed E-state index contributed by atoms with van der Waals surface area (Å²) < 4.78 is 28.6. The molecular formula is C16H23F2NO2. The predicted molar refractivity (Wildman–Crippen MR) is 77.2 cm³/mol. The maximum Gasteiger partial charge on any atom is 0.387 e. The smallest absolute Gasteiger partial charge is 0.387 e. The topological polar surface area (TPSA) is 55.5 Å². The minimum absolute atomic E-state index is 0.0978. The Morgan fingerprint density at radius 2 is 2.05 bits per heavy atom. The van der Waals surface area contributed by atoms with Crippen molar-refractivity contribution in [2.24, 2.45) is 17.1 Å². The molecule has 1 aliphatic carbocycles. The molecule has 1 aromatic carbocycles. The number of hydrogen-bond acceptors (Lipinski definition) is 3. The van der Waals surface area contributed by atoms with Crippen molar-refractivity contribution in [3.8, 4) is 5.75 Å². The Morgan fingerprint density at radius 1 is 1.38 bits per heavy atom. The molecular weight excluding hydrogens is 276 g/mol. The maximum atomic E-state index is 12.1. The molecule has 118 valence electrons. The first-order valence-corrected chi connectivity index (χ1v) is 7.43. The highest BCUT2D eigenvalue weighted by molar-refractivity contribution is 5.30. The SMILES string of the molecule is CCC1CCC(CN)(C(O)c2ccc(OC(F)F)cc2)C1. The lowest BCUT2D eigenvalue weighted by Crippen LogP contribution is -2.34. The van der Waals surface area contributed by atoms with Gasteiger partial charge in [0.15, 0.2) is 0 Å². The van der Waals surface area contributed by atoms with Gasteiger partial charge in [-0.1, -0.05) is 25.5 Å². The third-order valence-corrected chi connectivity index (χ3v) is 4.73. The van der Waals surface area contributed by atoms with Gasteiger partial charge in [-0.25, -0.2) is 0 Å². The van der Waals surface area contributed by atoms with E-state index in [0.29, 0.717) is 18.0 Å². The predicted octanol–water partition coefficient (Wildman–Crippen LogP) is 3.48. The molecule has 0 bridgehead atoms. The molecule has 3 N–H and O–H groups in total. The molecule has 0 radical (unpaired) electrons. The van der Waals surface area contributed by atoms with Gasteiger partial charge in [-0.2, -0.15) is 8.78 Å². The van der Waals surface area contributed by atoms with Gasteiger partial charge in [0.25, 0.3) is 0 Å². The molecule has 1 aliphatic rings. The van der Waals surface area contributed by atoms with Gasteiger partial charge in [0, 0.05) is 12.0 Å². The second-order valence-electron chi connectivity index (χ2n) is 5.93. The van der Waals surface area contributed by atoms with Crippen LogP contribution in [0, 0.1) is 11.3 Å². The van der Waals surface area contributed by atoms with Crippen LogP contribution in [-0.2, 0) is 0 Å². The highest BCUT2D eigenvalue weighted by Crippen LogP contribution is 2.50.